The van der Waals surface area contributed by atoms with E-state index in [0.29, 0.717) is 17.6 Å². The van der Waals surface area contributed by atoms with Gasteiger partial charge in [-0.1, -0.05) is 0 Å². The van der Waals surface area contributed by atoms with Gasteiger partial charge in [-0.25, -0.2) is 4.98 Å². The highest BCUT2D eigenvalue weighted by atomic mass is 19.4. The Balaban J connectivity index is 2.36. The van der Waals surface area contributed by atoms with Crippen molar-refractivity contribution in [3.63, 3.8) is 0 Å². The van der Waals surface area contributed by atoms with Crippen molar-refractivity contribution in [3.05, 3.63) is 23.7 Å². The molecule has 2 rings (SSSR count). The molecule has 2 aromatic rings. The third-order valence-corrected chi connectivity index (χ3v) is 3.72. The molecule has 0 aromatic carbocycles. The summed E-state index contributed by atoms with van der Waals surface area (Å²) >= 11 is 0. The standard InChI is InChI=1S/C14H18F3N7O/c1-7-9(6-21-24(7)13(2,3)11(18)25)22-12-20-5-8(14(15,16)17)10(19-4)23-12/h5-6H,1-4H3,(H2,18,25)(H2,19,20,22,23). The minimum Gasteiger partial charge on any atom is -0.372 e. The van der Waals surface area contributed by atoms with Crippen molar-refractivity contribution in [2.24, 2.45) is 5.73 Å². The third-order valence-electron chi connectivity index (χ3n) is 3.72. The number of rotatable bonds is 5. The first kappa shape index (κ1) is 18.5. The first-order chi connectivity index (χ1) is 11.5. The van der Waals surface area contributed by atoms with Gasteiger partial charge in [0.15, 0.2) is 0 Å². The topological polar surface area (TPSA) is 111 Å². The largest absolute Gasteiger partial charge is 0.421 e. The minimum absolute atomic E-state index is 0.0446. The van der Waals surface area contributed by atoms with Crippen LogP contribution in [0.5, 0.6) is 0 Å². The Labute approximate surface area is 141 Å². The predicted molar refractivity (Wildman–Crippen MR) is 85.3 cm³/mol. The lowest BCUT2D eigenvalue weighted by Gasteiger charge is -2.23. The van der Waals surface area contributed by atoms with E-state index in [-0.39, 0.29) is 11.8 Å². The molecular weight excluding hydrogens is 339 g/mol. The second-order valence-corrected chi connectivity index (χ2v) is 5.81. The summed E-state index contributed by atoms with van der Waals surface area (Å²) in [6, 6.07) is 0. The van der Waals surface area contributed by atoms with Gasteiger partial charge in [0.25, 0.3) is 0 Å². The zero-order valence-electron chi connectivity index (χ0n) is 14.1. The Morgan fingerprint density at radius 2 is 1.92 bits per heavy atom. The summed E-state index contributed by atoms with van der Waals surface area (Å²) in [5.74, 6) is -0.974. The van der Waals surface area contributed by atoms with Gasteiger partial charge in [0.05, 0.1) is 17.6 Å². The van der Waals surface area contributed by atoms with E-state index in [0.717, 1.165) is 0 Å². The number of alkyl halides is 3. The van der Waals surface area contributed by atoms with E-state index >= 15 is 0 Å². The Hall–Kier alpha value is -2.85. The molecule has 0 aliphatic rings. The van der Waals surface area contributed by atoms with Gasteiger partial charge < -0.3 is 16.4 Å². The molecule has 0 saturated heterocycles. The smallest absolute Gasteiger partial charge is 0.372 e. The fraction of sp³-hybridized carbons (Fsp3) is 0.429. The highest BCUT2D eigenvalue weighted by Crippen LogP contribution is 2.34. The molecule has 25 heavy (non-hydrogen) atoms. The second-order valence-electron chi connectivity index (χ2n) is 5.81. The molecule has 0 unspecified atom stereocenters. The summed E-state index contributed by atoms with van der Waals surface area (Å²) < 4.78 is 40.0. The fourth-order valence-corrected chi connectivity index (χ4v) is 2.16. The lowest BCUT2D eigenvalue weighted by Crippen LogP contribution is -2.42. The number of nitrogens with two attached hydrogens (primary N) is 1. The molecule has 2 aromatic heterocycles. The van der Waals surface area contributed by atoms with E-state index < -0.39 is 23.2 Å². The van der Waals surface area contributed by atoms with Crippen LogP contribution in [0.1, 0.15) is 25.1 Å². The van der Waals surface area contributed by atoms with Gasteiger partial charge in [0, 0.05) is 13.2 Å². The van der Waals surface area contributed by atoms with Crippen molar-refractivity contribution in [2.75, 3.05) is 17.7 Å². The summed E-state index contributed by atoms with van der Waals surface area (Å²) in [4.78, 5) is 19.1. The number of nitrogens with zero attached hydrogens (tertiary/aromatic N) is 4. The first-order valence-corrected chi connectivity index (χ1v) is 7.22. The molecule has 136 valence electrons. The molecule has 1 amide bonds. The van der Waals surface area contributed by atoms with Gasteiger partial charge in [-0.15, -0.1) is 0 Å². The van der Waals surface area contributed by atoms with Gasteiger partial charge in [0.2, 0.25) is 11.9 Å². The molecule has 4 N–H and O–H groups in total. The number of anilines is 3. The molecule has 0 aliphatic carbocycles. The molecular formula is C14H18F3N7O. The van der Waals surface area contributed by atoms with Gasteiger partial charge in [-0.2, -0.15) is 23.3 Å². The van der Waals surface area contributed by atoms with Crippen LogP contribution in [0.3, 0.4) is 0 Å². The summed E-state index contributed by atoms with van der Waals surface area (Å²) in [5.41, 5.74) is 4.33. The number of carbonyl (C=O) groups is 1. The number of hydrogen-bond acceptors (Lipinski definition) is 6. The van der Waals surface area contributed by atoms with E-state index in [1.54, 1.807) is 20.8 Å². The molecule has 0 spiro atoms. The number of carbonyl (C=O) groups excluding carboxylic acids is 1. The van der Waals surface area contributed by atoms with Gasteiger partial charge in [-0.05, 0) is 20.8 Å². The number of aromatic nitrogens is 4. The van der Waals surface area contributed by atoms with Crippen molar-refractivity contribution < 1.29 is 18.0 Å². The zero-order valence-corrected chi connectivity index (χ0v) is 14.1. The van der Waals surface area contributed by atoms with Crippen LogP contribution >= 0.6 is 0 Å². The predicted octanol–water partition coefficient (Wildman–Crippen LogP) is 2.01. The maximum absolute atomic E-state index is 12.9. The SMILES string of the molecule is CNc1nc(Nc2cnn(C(C)(C)C(N)=O)c2C)ncc1C(F)(F)F. The van der Waals surface area contributed by atoms with Crippen LogP contribution in [0.4, 0.5) is 30.6 Å². The molecule has 0 aliphatic heterocycles. The van der Waals surface area contributed by atoms with Crippen LogP contribution in [0.2, 0.25) is 0 Å². The molecule has 8 nitrogen and oxygen atoms in total. The second kappa shape index (κ2) is 6.22. The number of hydrogen-bond donors (Lipinski definition) is 3. The molecule has 0 bridgehead atoms. The average molecular weight is 357 g/mol. The minimum atomic E-state index is -4.57. The van der Waals surface area contributed by atoms with Gasteiger partial charge >= 0.3 is 6.18 Å². The summed E-state index contributed by atoms with van der Waals surface area (Å²) in [6.45, 7) is 4.89. The van der Waals surface area contributed by atoms with Crippen LogP contribution in [0.25, 0.3) is 0 Å². The number of primary amides is 1. The van der Waals surface area contributed by atoms with Crippen molar-refractivity contribution in [1.82, 2.24) is 19.7 Å². The molecule has 2 heterocycles. The fourth-order valence-electron chi connectivity index (χ4n) is 2.16. The summed E-state index contributed by atoms with van der Waals surface area (Å²) in [6.07, 6.45) is -2.46. The average Bonchev–Trinajstić information content (AvgIpc) is 2.87. The van der Waals surface area contributed by atoms with Crippen molar-refractivity contribution in [1.29, 1.82) is 0 Å². The zero-order chi connectivity index (χ0) is 19.0. The Bertz CT molecular complexity index is 798. The van der Waals surface area contributed by atoms with E-state index in [4.69, 9.17) is 5.73 Å². The van der Waals surface area contributed by atoms with Crippen LogP contribution in [0.15, 0.2) is 12.4 Å². The van der Waals surface area contributed by atoms with E-state index in [9.17, 15) is 18.0 Å². The van der Waals surface area contributed by atoms with E-state index in [1.165, 1.54) is 17.9 Å². The number of halogens is 3. The van der Waals surface area contributed by atoms with Crippen LogP contribution in [-0.2, 0) is 16.5 Å². The maximum Gasteiger partial charge on any atom is 0.421 e. The molecule has 0 radical (unpaired) electrons. The van der Waals surface area contributed by atoms with E-state index in [2.05, 4.69) is 25.7 Å². The molecule has 11 heteroatoms. The van der Waals surface area contributed by atoms with Gasteiger partial charge in [0.1, 0.15) is 16.9 Å². The molecule has 0 fully saturated rings. The normalized spacial score (nSPS) is 12.1. The Morgan fingerprint density at radius 1 is 1.28 bits per heavy atom. The number of amides is 1. The molecule has 0 atom stereocenters. The van der Waals surface area contributed by atoms with Crippen molar-refractivity contribution in [3.8, 4) is 0 Å². The first-order valence-electron chi connectivity index (χ1n) is 7.22. The third kappa shape index (κ3) is 3.49. The Kier molecular flexibility index (Phi) is 4.60. The summed E-state index contributed by atoms with van der Waals surface area (Å²) in [7, 11) is 1.33. The van der Waals surface area contributed by atoms with Crippen LogP contribution in [0, 0.1) is 6.92 Å². The summed E-state index contributed by atoms with van der Waals surface area (Å²) in [5, 5.41) is 9.29. The van der Waals surface area contributed by atoms with Gasteiger partial charge in [-0.3, -0.25) is 9.48 Å². The highest BCUT2D eigenvalue weighted by molar-refractivity contribution is 5.82. The maximum atomic E-state index is 12.9. The van der Waals surface area contributed by atoms with Crippen molar-refractivity contribution in [2.45, 2.75) is 32.5 Å². The van der Waals surface area contributed by atoms with E-state index in [1.807, 2.05) is 0 Å². The quantitative estimate of drug-likeness (QED) is 0.755. The van der Waals surface area contributed by atoms with Crippen molar-refractivity contribution >= 4 is 23.4 Å². The highest BCUT2D eigenvalue weighted by Gasteiger charge is 2.35. The van der Waals surface area contributed by atoms with Crippen LogP contribution in [-0.4, -0.2) is 32.7 Å². The number of nitrogens with one attached hydrogen (secondary N) is 2. The molecule has 0 saturated carbocycles. The monoisotopic (exact) mass is 357 g/mol. The van der Waals surface area contributed by atoms with Crippen LogP contribution < -0.4 is 16.4 Å². The lowest BCUT2D eigenvalue weighted by atomic mass is 10.1. The lowest BCUT2D eigenvalue weighted by molar-refractivity contribution is -0.137. The Morgan fingerprint density at radius 3 is 2.44 bits per heavy atom.